The summed E-state index contributed by atoms with van der Waals surface area (Å²) in [4.78, 5) is 23.2. The van der Waals surface area contributed by atoms with Gasteiger partial charge in [-0.05, 0) is 13.3 Å². The summed E-state index contributed by atoms with van der Waals surface area (Å²) in [7, 11) is 0. The highest BCUT2D eigenvalue weighted by atomic mass is 16.5. The van der Waals surface area contributed by atoms with Gasteiger partial charge in [0.05, 0.1) is 12.3 Å². The van der Waals surface area contributed by atoms with Crippen LogP contribution in [0.3, 0.4) is 0 Å². The molecular formula is C9H16N2O4. The zero-order chi connectivity index (χ0) is 11.4. The van der Waals surface area contributed by atoms with Gasteiger partial charge >= 0.3 is 5.97 Å². The molecule has 1 aliphatic rings. The Hall–Kier alpha value is -1.14. The van der Waals surface area contributed by atoms with Gasteiger partial charge in [0, 0.05) is 13.0 Å². The van der Waals surface area contributed by atoms with Gasteiger partial charge in [-0.3, -0.25) is 9.59 Å². The lowest BCUT2D eigenvalue weighted by atomic mass is 10.2. The average molecular weight is 216 g/mol. The van der Waals surface area contributed by atoms with E-state index in [0.717, 1.165) is 0 Å². The number of amides is 1. The summed E-state index contributed by atoms with van der Waals surface area (Å²) in [6.45, 7) is 2.31. The Morgan fingerprint density at radius 3 is 3.07 bits per heavy atom. The van der Waals surface area contributed by atoms with Gasteiger partial charge in [-0.25, -0.2) is 0 Å². The fraction of sp³-hybridized carbons (Fsp3) is 0.778. The van der Waals surface area contributed by atoms with E-state index in [1.807, 2.05) is 6.92 Å². The first-order chi connectivity index (χ1) is 7.00. The van der Waals surface area contributed by atoms with Crippen LogP contribution in [0.5, 0.6) is 0 Å². The molecule has 0 aromatic rings. The minimum atomic E-state index is -0.904. The molecule has 0 radical (unpaired) electrons. The van der Waals surface area contributed by atoms with Crippen LogP contribution in [-0.4, -0.2) is 47.3 Å². The largest absolute Gasteiger partial charge is 0.481 e. The molecule has 6 nitrogen and oxygen atoms in total. The van der Waals surface area contributed by atoms with Crippen LogP contribution < -0.4 is 5.73 Å². The number of nitrogens with two attached hydrogens (primary N) is 1. The number of carboxylic acid groups (broad SMARTS) is 1. The Morgan fingerprint density at radius 1 is 1.80 bits per heavy atom. The molecule has 1 amide bonds. The maximum atomic E-state index is 11.4. The quantitative estimate of drug-likeness (QED) is 0.653. The maximum absolute atomic E-state index is 11.4. The molecule has 3 N–H and O–H groups in total. The van der Waals surface area contributed by atoms with Gasteiger partial charge in [0.2, 0.25) is 5.91 Å². The summed E-state index contributed by atoms with van der Waals surface area (Å²) in [5.74, 6) is -1.08. The van der Waals surface area contributed by atoms with Crippen molar-refractivity contribution in [1.29, 1.82) is 0 Å². The minimum absolute atomic E-state index is 0.0276. The van der Waals surface area contributed by atoms with Crippen molar-refractivity contribution in [3.05, 3.63) is 0 Å². The number of aliphatic carboxylic acids is 1. The number of morpholine rings is 1. The van der Waals surface area contributed by atoms with Crippen LogP contribution in [0.2, 0.25) is 0 Å². The standard InChI is InChI=1S/C9H16N2O4/c1-6-4-11(8(12)5-15-6)7(10)2-3-9(13)14/h6-7H,2-5,10H2,1H3,(H,13,14)/t6-,7?/m0/s1. The lowest BCUT2D eigenvalue weighted by molar-refractivity contribution is -0.152. The van der Waals surface area contributed by atoms with Gasteiger partial charge < -0.3 is 20.5 Å². The zero-order valence-corrected chi connectivity index (χ0v) is 8.68. The number of carbonyl (C=O) groups excluding carboxylic acids is 1. The van der Waals surface area contributed by atoms with Crippen LogP contribution in [0.4, 0.5) is 0 Å². The van der Waals surface area contributed by atoms with Gasteiger partial charge in [0.15, 0.2) is 0 Å². The summed E-state index contributed by atoms with van der Waals surface area (Å²) >= 11 is 0. The maximum Gasteiger partial charge on any atom is 0.303 e. The molecule has 1 rings (SSSR count). The van der Waals surface area contributed by atoms with Gasteiger partial charge in [0.25, 0.3) is 0 Å². The Labute approximate surface area is 88.0 Å². The molecule has 0 aliphatic carbocycles. The van der Waals surface area contributed by atoms with Crippen LogP contribution >= 0.6 is 0 Å². The SMILES string of the molecule is C[C@H]1CN(C(N)CCC(=O)O)C(=O)CO1. The van der Waals surface area contributed by atoms with Crippen molar-refractivity contribution in [2.75, 3.05) is 13.2 Å². The van der Waals surface area contributed by atoms with Crippen molar-refractivity contribution in [2.24, 2.45) is 5.73 Å². The predicted octanol–water partition coefficient (Wildman–Crippen LogP) is -0.617. The second-order valence-corrected chi connectivity index (χ2v) is 3.67. The second kappa shape index (κ2) is 5.09. The van der Waals surface area contributed by atoms with E-state index in [-0.39, 0.29) is 31.5 Å². The van der Waals surface area contributed by atoms with Gasteiger partial charge in [-0.2, -0.15) is 0 Å². The van der Waals surface area contributed by atoms with Crippen LogP contribution in [0, 0.1) is 0 Å². The molecule has 2 atom stereocenters. The third-order valence-corrected chi connectivity index (χ3v) is 2.32. The first-order valence-corrected chi connectivity index (χ1v) is 4.89. The van der Waals surface area contributed by atoms with E-state index < -0.39 is 12.1 Å². The molecular weight excluding hydrogens is 200 g/mol. The summed E-state index contributed by atoms with van der Waals surface area (Å²) in [5, 5.41) is 8.49. The Morgan fingerprint density at radius 2 is 2.47 bits per heavy atom. The molecule has 1 unspecified atom stereocenters. The number of carbonyl (C=O) groups is 2. The molecule has 0 saturated carbocycles. The van der Waals surface area contributed by atoms with Crippen LogP contribution in [0.15, 0.2) is 0 Å². The highest BCUT2D eigenvalue weighted by Crippen LogP contribution is 2.10. The molecule has 6 heteroatoms. The molecule has 0 aromatic heterocycles. The number of rotatable bonds is 4. The number of carboxylic acids is 1. The highest BCUT2D eigenvalue weighted by Gasteiger charge is 2.27. The zero-order valence-electron chi connectivity index (χ0n) is 8.68. The molecule has 1 aliphatic heterocycles. The number of hydrogen-bond donors (Lipinski definition) is 2. The molecule has 0 bridgehead atoms. The molecule has 0 spiro atoms. The topological polar surface area (TPSA) is 92.9 Å². The first-order valence-electron chi connectivity index (χ1n) is 4.89. The van der Waals surface area contributed by atoms with Crippen LogP contribution in [0.25, 0.3) is 0 Å². The smallest absolute Gasteiger partial charge is 0.303 e. The number of hydrogen-bond acceptors (Lipinski definition) is 4. The lowest BCUT2D eigenvalue weighted by Gasteiger charge is -2.35. The van der Waals surface area contributed by atoms with E-state index >= 15 is 0 Å². The van der Waals surface area contributed by atoms with E-state index in [2.05, 4.69) is 0 Å². The normalized spacial score (nSPS) is 24.0. The van der Waals surface area contributed by atoms with Crippen molar-refractivity contribution in [3.63, 3.8) is 0 Å². The van der Waals surface area contributed by atoms with E-state index in [1.165, 1.54) is 4.90 Å². The van der Waals surface area contributed by atoms with Crippen molar-refractivity contribution < 1.29 is 19.4 Å². The summed E-state index contributed by atoms with van der Waals surface area (Å²) in [5.41, 5.74) is 5.74. The summed E-state index contributed by atoms with van der Waals surface area (Å²) < 4.78 is 5.13. The third kappa shape index (κ3) is 3.49. The Balaban J connectivity index is 2.45. The highest BCUT2D eigenvalue weighted by molar-refractivity contribution is 5.78. The van der Waals surface area contributed by atoms with Gasteiger partial charge in [0.1, 0.15) is 6.61 Å². The Kier molecular flexibility index (Phi) is 4.05. The molecule has 1 heterocycles. The van der Waals surface area contributed by atoms with Crippen molar-refractivity contribution in [3.8, 4) is 0 Å². The monoisotopic (exact) mass is 216 g/mol. The van der Waals surface area contributed by atoms with Gasteiger partial charge in [-0.15, -0.1) is 0 Å². The number of nitrogens with zero attached hydrogens (tertiary/aromatic N) is 1. The molecule has 1 fully saturated rings. The third-order valence-electron chi connectivity index (χ3n) is 2.32. The van der Waals surface area contributed by atoms with Crippen molar-refractivity contribution in [2.45, 2.75) is 32.0 Å². The van der Waals surface area contributed by atoms with Gasteiger partial charge in [-0.1, -0.05) is 0 Å². The fourth-order valence-corrected chi connectivity index (χ4v) is 1.48. The summed E-state index contributed by atoms with van der Waals surface area (Å²) in [6, 6.07) is 0. The summed E-state index contributed by atoms with van der Waals surface area (Å²) in [6.07, 6.45) is -0.327. The first kappa shape index (κ1) is 11.9. The Bertz CT molecular complexity index is 256. The average Bonchev–Trinajstić information content (AvgIpc) is 2.18. The van der Waals surface area contributed by atoms with Crippen LogP contribution in [0.1, 0.15) is 19.8 Å². The lowest BCUT2D eigenvalue weighted by Crippen LogP contribution is -2.54. The van der Waals surface area contributed by atoms with Crippen molar-refractivity contribution in [1.82, 2.24) is 4.90 Å². The van der Waals surface area contributed by atoms with Crippen molar-refractivity contribution >= 4 is 11.9 Å². The molecule has 1 saturated heterocycles. The van der Waals surface area contributed by atoms with E-state index in [1.54, 1.807) is 0 Å². The van der Waals surface area contributed by atoms with E-state index in [9.17, 15) is 9.59 Å². The van der Waals surface area contributed by atoms with Crippen LogP contribution in [-0.2, 0) is 14.3 Å². The minimum Gasteiger partial charge on any atom is -0.481 e. The molecule has 15 heavy (non-hydrogen) atoms. The predicted molar refractivity (Wildman–Crippen MR) is 52.0 cm³/mol. The fourth-order valence-electron chi connectivity index (χ4n) is 1.48. The second-order valence-electron chi connectivity index (χ2n) is 3.67. The number of ether oxygens (including phenoxy) is 1. The van der Waals surface area contributed by atoms with E-state index in [0.29, 0.717) is 6.54 Å². The van der Waals surface area contributed by atoms with E-state index in [4.69, 9.17) is 15.6 Å². The molecule has 0 aromatic carbocycles. The molecule has 86 valence electrons.